The molecule has 0 spiro atoms. The molecule has 0 aliphatic carbocycles. The van der Waals surface area contributed by atoms with E-state index < -0.39 is 0 Å². The zero-order valence-electron chi connectivity index (χ0n) is 16.2. The molecule has 1 radical (unpaired) electrons. The van der Waals surface area contributed by atoms with Crippen molar-refractivity contribution < 1.29 is 50.1 Å². The topological polar surface area (TPSA) is 26.3 Å². The third kappa shape index (κ3) is 3.23. The molecular formula is C25H19O2Pr-. The summed E-state index contributed by atoms with van der Waals surface area (Å²) in [5.41, 5.74) is 7.47. The van der Waals surface area contributed by atoms with Crippen molar-refractivity contribution in [3.8, 4) is 22.6 Å². The van der Waals surface area contributed by atoms with Gasteiger partial charge in [-0.15, -0.1) is 6.07 Å². The summed E-state index contributed by atoms with van der Waals surface area (Å²) in [5.74, 6) is 1.75. The average molecular weight is 492 g/mol. The van der Waals surface area contributed by atoms with Crippen molar-refractivity contribution in [3.05, 3.63) is 83.4 Å². The van der Waals surface area contributed by atoms with Crippen molar-refractivity contribution in [2.24, 2.45) is 0 Å². The van der Waals surface area contributed by atoms with Crippen LogP contribution in [0.4, 0.5) is 0 Å². The van der Waals surface area contributed by atoms with Gasteiger partial charge in [0.15, 0.2) is 0 Å². The molecule has 0 aliphatic rings. The van der Waals surface area contributed by atoms with Gasteiger partial charge in [-0.1, -0.05) is 54.8 Å². The fraction of sp³-hybridized carbons (Fsp3) is 0.120. The summed E-state index contributed by atoms with van der Waals surface area (Å²) in [5, 5.41) is 2.29. The molecule has 0 bridgehead atoms. The van der Waals surface area contributed by atoms with Gasteiger partial charge in [-0.3, -0.25) is 0 Å². The molecule has 2 heterocycles. The molecule has 28 heavy (non-hydrogen) atoms. The maximum absolute atomic E-state index is 6.15. The van der Waals surface area contributed by atoms with Gasteiger partial charge in [-0.2, -0.15) is 17.7 Å². The van der Waals surface area contributed by atoms with Crippen molar-refractivity contribution in [3.63, 3.8) is 0 Å². The van der Waals surface area contributed by atoms with Crippen molar-refractivity contribution >= 4 is 21.9 Å². The van der Waals surface area contributed by atoms with Crippen LogP contribution < -0.4 is 0 Å². The van der Waals surface area contributed by atoms with E-state index in [1.807, 2.05) is 6.07 Å². The van der Waals surface area contributed by atoms with Gasteiger partial charge in [0.2, 0.25) is 0 Å². The molecule has 5 rings (SSSR count). The molecule has 0 amide bonds. The van der Waals surface area contributed by atoms with Gasteiger partial charge in [0.1, 0.15) is 17.1 Å². The van der Waals surface area contributed by atoms with Crippen molar-refractivity contribution in [2.45, 2.75) is 20.8 Å². The molecule has 0 unspecified atom stereocenters. The van der Waals surface area contributed by atoms with Crippen LogP contribution in [0.2, 0.25) is 0 Å². The molecule has 5 aromatic rings. The number of furan rings is 2. The van der Waals surface area contributed by atoms with Gasteiger partial charge >= 0.3 is 0 Å². The number of hydrogen-bond donors (Lipinski definition) is 0. The zero-order chi connectivity index (χ0) is 18.5. The van der Waals surface area contributed by atoms with Gasteiger partial charge in [-0.25, -0.2) is 0 Å². The van der Waals surface area contributed by atoms with Gasteiger partial charge < -0.3 is 8.83 Å². The predicted octanol–water partition coefficient (Wildman–Crippen LogP) is 7.24. The number of hydrogen-bond acceptors (Lipinski definition) is 2. The third-order valence-electron chi connectivity index (χ3n) is 5.26. The van der Waals surface area contributed by atoms with Crippen LogP contribution >= 0.6 is 0 Å². The first-order valence-corrected chi connectivity index (χ1v) is 9.11. The van der Waals surface area contributed by atoms with Gasteiger partial charge in [0, 0.05) is 63.4 Å². The molecule has 2 nitrogen and oxygen atoms in total. The molecule has 0 atom stereocenters. The second-order valence-electron chi connectivity index (χ2n) is 7.14. The second kappa shape index (κ2) is 7.50. The van der Waals surface area contributed by atoms with E-state index in [1.165, 1.54) is 16.5 Å². The fourth-order valence-corrected chi connectivity index (χ4v) is 3.60. The summed E-state index contributed by atoms with van der Waals surface area (Å²) >= 11 is 0. The summed E-state index contributed by atoms with van der Waals surface area (Å²) in [6, 6.07) is 23.9. The first kappa shape index (κ1) is 19.4. The molecule has 3 aromatic carbocycles. The maximum atomic E-state index is 6.15. The average Bonchev–Trinajstić information content (AvgIpc) is 3.31. The Morgan fingerprint density at radius 1 is 0.643 bits per heavy atom. The maximum Gasteiger partial charge on any atom is 0.137 e. The molecular weight excluding hydrogens is 473 g/mol. The number of benzene rings is 3. The first-order valence-electron chi connectivity index (χ1n) is 9.11. The van der Waals surface area contributed by atoms with Gasteiger partial charge in [0.25, 0.3) is 0 Å². The number of aryl methyl sites for hydroxylation is 3. The standard InChI is InChI=1S/C25H19O2.Pr/c1-15-5-4-6-22-20(15)13-23(26-22)18-9-11-19(12-10-18)24-14-21-16(2)7-8-17(3)25(21)27-24;/h4-5,7-14H,1-3H3;/q-1;. The van der Waals surface area contributed by atoms with E-state index in [0.29, 0.717) is 0 Å². The van der Waals surface area contributed by atoms with Crippen molar-refractivity contribution in [2.75, 3.05) is 0 Å². The monoisotopic (exact) mass is 492 g/mol. The smallest absolute Gasteiger partial charge is 0.137 e. The normalized spacial score (nSPS) is 11.1. The summed E-state index contributed by atoms with van der Waals surface area (Å²) < 4.78 is 12.1. The fourth-order valence-electron chi connectivity index (χ4n) is 3.60. The van der Waals surface area contributed by atoms with Crippen LogP contribution in [-0.4, -0.2) is 0 Å². The summed E-state index contributed by atoms with van der Waals surface area (Å²) in [6.45, 7) is 6.29. The third-order valence-corrected chi connectivity index (χ3v) is 5.26. The molecule has 0 aliphatic heterocycles. The first-order chi connectivity index (χ1) is 13.1. The van der Waals surface area contributed by atoms with E-state index in [4.69, 9.17) is 8.83 Å². The van der Waals surface area contributed by atoms with Gasteiger partial charge in [-0.05, 0) is 31.0 Å². The van der Waals surface area contributed by atoms with E-state index in [-0.39, 0.29) is 41.3 Å². The van der Waals surface area contributed by atoms with E-state index in [2.05, 4.69) is 81.4 Å². The molecule has 0 saturated carbocycles. The Hall–Kier alpha value is -1.90. The van der Waals surface area contributed by atoms with Crippen LogP contribution in [0.5, 0.6) is 0 Å². The van der Waals surface area contributed by atoms with Crippen LogP contribution in [0, 0.1) is 68.1 Å². The Balaban J connectivity index is 0.00000192. The summed E-state index contributed by atoms with van der Waals surface area (Å²) in [7, 11) is 0. The Morgan fingerprint density at radius 2 is 1.21 bits per heavy atom. The minimum absolute atomic E-state index is 0. The number of fused-ring (bicyclic) bond motifs is 2. The van der Waals surface area contributed by atoms with Crippen molar-refractivity contribution in [1.82, 2.24) is 0 Å². The molecule has 3 heteroatoms. The Kier molecular flexibility index (Phi) is 5.20. The van der Waals surface area contributed by atoms with Gasteiger partial charge in [0.05, 0.1) is 0 Å². The minimum Gasteiger partial charge on any atom is -0.483 e. The van der Waals surface area contributed by atoms with E-state index in [9.17, 15) is 0 Å². The van der Waals surface area contributed by atoms with Crippen molar-refractivity contribution in [1.29, 1.82) is 0 Å². The van der Waals surface area contributed by atoms with Crippen LogP contribution in [0.15, 0.2) is 69.5 Å². The molecule has 2 aromatic heterocycles. The van der Waals surface area contributed by atoms with E-state index >= 15 is 0 Å². The summed E-state index contributed by atoms with van der Waals surface area (Å²) in [4.78, 5) is 0. The summed E-state index contributed by atoms with van der Waals surface area (Å²) in [6.07, 6.45) is 0. The van der Waals surface area contributed by atoms with Crippen LogP contribution in [-0.2, 0) is 0 Å². The zero-order valence-corrected chi connectivity index (χ0v) is 19.9. The van der Waals surface area contributed by atoms with Crippen LogP contribution in [0.25, 0.3) is 44.6 Å². The van der Waals surface area contributed by atoms with E-state index in [1.54, 1.807) is 0 Å². The number of rotatable bonds is 2. The Labute approximate surface area is 197 Å². The minimum atomic E-state index is 0. The quantitative estimate of drug-likeness (QED) is 0.243. The predicted molar refractivity (Wildman–Crippen MR) is 110 cm³/mol. The molecule has 0 fully saturated rings. The largest absolute Gasteiger partial charge is 0.483 e. The second-order valence-corrected chi connectivity index (χ2v) is 7.14. The Bertz CT molecular complexity index is 1250. The Morgan fingerprint density at radius 3 is 1.86 bits per heavy atom. The molecule has 135 valence electrons. The molecule has 0 saturated heterocycles. The van der Waals surface area contributed by atoms with Crippen LogP contribution in [0.1, 0.15) is 16.7 Å². The SMILES string of the molecule is Cc1cc[c-]c2oc(-c3ccc(-c4cc5c(C)ccc(C)c5o4)cc3)cc12.[Pr]. The van der Waals surface area contributed by atoms with E-state index in [0.717, 1.165) is 44.8 Å². The van der Waals surface area contributed by atoms with Crippen LogP contribution in [0.3, 0.4) is 0 Å². The molecule has 0 N–H and O–H groups in total.